The molecule has 2 fully saturated rings. The minimum absolute atomic E-state index is 0. The molecular formula is C10H21ClN2O2S. The third kappa shape index (κ3) is 3.09. The molecule has 1 saturated heterocycles. The van der Waals surface area contributed by atoms with Gasteiger partial charge >= 0.3 is 0 Å². The van der Waals surface area contributed by atoms with Crippen LogP contribution in [-0.2, 0) is 10.0 Å². The zero-order chi connectivity index (χ0) is 11.1. The Hall–Kier alpha value is 0.160. The van der Waals surface area contributed by atoms with Crippen molar-refractivity contribution >= 4 is 22.4 Å². The van der Waals surface area contributed by atoms with Gasteiger partial charge in [-0.1, -0.05) is 0 Å². The molecule has 2 rings (SSSR count). The lowest BCUT2D eigenvalue weighted by atomic mass is 10.1. The zero-order valence-corrected chi connectivity index (χ0v) is 11.5. The number of sulfonamides is 1. The van der Waals surface area contributed by atoms with Crippen molar-refractivity contribution in [1.82, 2.24) is 9.62 Å². The van der Waals surface area contributed by atoms with E-state index in [0.717, 1.165) is 19.4 Å². The van der Waals surface area contributed by atoms with Gasteiger partial charge in [0.05, 0.1) is 5.75 Å². The molecule has 2 atom stereocenters. The summed E-state index contributed by atoms with van der Waals surface area (Å²) in [5.41, 5.74) is 0. The molecule has 0 radical (unpaired) electrons. The van der Waals surface area contributed by atoms with Crippen LogP contribution in [0.5, 0.6) is 0 Å². The Morgan fingerprint density at radius 1 is 1.31 bits per heavy atom. The summed E-state index contributed by atoms with van der Waals surface area (Å²) in [6.07, 6.45) is 2.19. The van der Waals surface area contributed by atoms with Gasteiger partial charge in [0.15, 0.2) is 0 Å². The Balaban J connectivity index is 0.00000128. The Morgan fingerprint density at radius 3 is 2.50 bits per heavy atom. The van der Waals surface area contributed by atoms with Gasteiger partial charge in [-0.15, -0.1) is 12.4 Å². The summed E-state index contributed by atoms with van der Waals surface area (Å²) in [5.74, 6) is 0.803. The van der Waals surface area contributed by atoms with Crippen LogP contribution in [0.25, 0.3) is 0 Å². The molecule has 4 nitrogen and oxygen atoms in total. The van der Waals surface area contributed by atoms with Gasteiger partial charge in [-0.25, -0.2) is 8.42 Å². The van der Waals surface area contributed by atoms with Gasteiger partial charge in [0, 0.05) is 25.2 Å². The molecule has 0 aromatic heterocycles. The van der Waals surface area contributed by atoms with E-state index in [1.165, 1.54) is 0 Å². The Kier molecular flexibility index (Phi) is 4.63. The fourth-order valence-electron chi connectivity index (χ4n) is 2.10. The van der Waals surface area contributed by atoms with Crippen molar-refractivity contribution in [3.05, 3.63) is 0 Å². The van der Waals surface area contributed by atoms with Gasteiger partial charge in [0.25, 0.3) is 0 Å². The van der Waals surface area contributed by atoms with Crippen molar-refractivity contribution in [2.45, 2.75) is 38.8 Å². The normalized spacial score (nSPS) is 32.1. The summed E-state index contributed by atoms with van der Waals surface area (Å²) >= 11 is 0. The van der Waals surface area contributed by atoms with E-state index in [0.29, 0.717) is 18.2 Å². The van der Waals surface area contributed by atoms with E-state index in [2.05, 4.69) is 5.32 Å². The number of hydrogen-bond acceptors (Lipinski definition) is 3. The maximum absolute atomic E-state index is 12.1. The van der Waals surface area contributed by atoms with Crippen LogP contribution in [0.4, 0.5) is 0 Å². The lowest BCUT2D eigenvalue weighted by molar-refractivity contribution is 0.232. The van der Waals surface area contributed by atoms with Crippen molar-refractivity contribution in [1.29, 1.82) is 0 Å². The largest absolute Gasteiger partial charge is 0.311 e. The third-order valence-corrected chi connectivity index (χ3v) is 5.60. The van der Waals surface area contributed by atoms with Gasteiger partial charge in [-0.3, -0.25) is 0 Å². The predicted molar refractivity (Wildman–Crippen MR) is 67.4 cm³/mol. The van der Waals surface area contributed by atoms with E-state index in [9.17, 15) is 8.42 Å². The third-order valence-electron chi connectivity index (χ3n) is 3.48. The number of piperazine rings is 1. The SMILES string of the molecule is CC1NCCN(S(=O)(=O)CC2CC2)C1C.Cl. The molecule has 0 amide bonds. The molecule has 1 heterocycles. The maximum Gasteiger partial charge on any atom is 0.214 e. The second-order valence-corrected chi connectivity index (χ2v) is 6.78. The monoisotopic (exact) mass is 268 g/mol. The van der Waals surface area contributed by atoms with Gasteiger partial charge in [0.2, 0.25) is 10.0 Å². The maximum atomic E-state index is 12.1. The van der Waals surface area contributed by atoms with E-state index in [1.54, 1.807) is 4.31 Å². The minimum atomic E-state index is -3.01. The lowest BCUT2D eigenvalue weighted by Crippen LogP contribution is -2.57. The number of hydrogen-bond donors (Lipinski definition) is 1. The van der Waals surface area contributed by atoms with E-state index >= 15 is 0 Å². The molecule has 96 valence electrons. The van der Waals surface area contributed by atoms with Crippen molar-refractivity contribution in [3.8, 4) is 0 Å². The van der Waals surface area contributed by atoms with Crippen molar-refractivity contribution < 1.29 is 8.42 Å². The van der Waals surface area contributed by atoms with Gasteiger partial charge in [0.1, 0.15) is 0 Å². The average Bonchev–Trinajstić information content (AvgIpc) is 2.92. The molecule has 0 aromatic carbocycles. The highest BCUT2D eigenvalue weighted by Gasteiger charge is 2.37. The highest BCUT2D eigenvalue weighted by molar-refractivity contribution is 7.89. The molecule has 0 spiro atoms. The molecule has 1 N–H and O–H groups in total. The number of halogens is 1. The number of nitrogens with one attached hydrogen (secondary N) is 1. The summed E-state index contributed by atoms with van der Waals surface area (Å²) in [7, 11) is -3.01. The zero-order valence-electron chi connectivity index (χ0n) is 9.85. The second-order valence-electron chi connectivity index (χ2n) is 4.82. The van der Waals surface area contributed by atoms with Crippen molar-refractivity contribution in [2.24, 2.45) is 5.92 Å². The van der Waals surface area contributed by atoms with Gasteiger partial charge in [-0.05, 0) is 32.6 Å². The standard InChI is InChI=1S/C10H20N2O2S.ClH/c1-8-9(2)12(6-5-11-8)15(13,14)7-10-3-4-10;/h8-11H,3-7H2,1-2H3;1H. The lowest BCUT2D eigenvalue weighted by Gasteiger charge is -2.37. The van der Waals surface area contributed by atoms with Crippen molar-refractivity contribution in [3.63, 3.8) is 0 Å². The fourth-order valence-corrected chi connectivity index (χ4v) is 4.28. The van der Waals surface area contributed by atoms with Crippen LogP contribution in [0.2, 0.25) is 0 Å². The van der Waals surface area contributed by atoms with E-state index < -0.39 is 10.0 Å². The van der Waals surface area contributed by atoms with Crippen LogP contribution in [0.1, 0.15) is 26.7 Å². The first-order valence-electron chi connectivity index (χ1n) is 5.73. The Morgan fingerprint density at radius 2 is 1.94 bits per heavy atom. The average molecular weight is 269 g/mol. The summed E-state index contributed by atoms with van der Waals surface area (Å²) < 4.78 is 25.9. The van der Waals surface area contributed by atoms with Crippen LogP contribution < -0.4 is 5.32 Å². The van der Waals surface area contributed by atoms with Crippen LogP contribution in [0, 0.1) is 5.92 Å². The molecule has 2 unspecified atom stereocenters. The topological polar surface area (TPSA) is 49.4 Å². The molecule has 1 aliphatic carbocycles. The highest BCUT2D eigenvalue weighted by atomic mass is 35.5. The van der Waals surface area contributed by atoms with Crippen LogP contribution in [0.15, 0.2) is 0 Å². The number of nitrogens with zero attached hydrogens (tertiary/aromatic N) is 1. The molecule has 0 bridgehead atoms. The van der Waals surface area contributed by atoms with E-state index in [-0.39, 0.29) is 24.5 Å². The smallest absolute Gasteiger partial charge is 0.214 e. The minimum Gasteiger partial charge on any atom is -0.311 e. The second kappa shape index (κ2) is 5.21. The first-order valence-corrected chi connectivity index (χ1v) is 7.34. The Labute approximate surface area is 104 Å². The summed E-state index contributed by atoms with van der Waals surface area (Å²) in [4.78, 5) is 0. The summed E-state index contributed by atoms with van der Waals surface area (Å²) in [6, 6.07) is 0.343. The molecule has 6 heteroatoms. The first-order chi connectivity index (χ1) is 7.00. The van der Waals surface area contributed by atoms with Crippen molar-refractivity contribution in [2.75, 3.05) is 18.8 Å². The van der Waals surface area contributed by atoms with E-state index in [4.69, 9.17) is 0 Å². The quantitative estimate of drug-likeness (QED) is 0.825. The predicted octanol–water partition coefficient (Wildman–Crippen LogP) is 0.830. The van der Waals surface area contributed by atoms with Crippen LogP contribution in [-0.4, -0.2) is 43.6 Å². The molecule has 2 aliphatic rings. The summed E-state index contributed by atoms with van der Waals surface area (Å²) in [6.45, 7) is 5.43. The first kappa shape index (κ1) is 14.2. The van der Waals surface area contributed by atoms with Gasteiger partial charge in [-0.2, -0.15) is 4.31 Å². The van der Waals surface area contributed by atoms with Gasteiger partial charge < -0.3 is 5.32 Å². The molecule has 0 aromatic rings. The summed E-state index contributed by atoms with van der Waals surface area (Å²) in [5, 5.41) is 3.30. The van der Waals surface area contributed by atoms with Crippen LogP contribution >= 0.6 is 12.4 Å². The van der Waals surface area contributed by atoms with Crippen LogP contribution in [0.3, 0.4) is 0 Å². The Bertz CT molecular complexity index is 330. The molecule has 1 aliphatic heterocycles. The molecule has 1 saturated carbocycles. The molecular weight excluding hydrogens is 248 g/mol. The fraction of sp³-hybridized carbons (Fsp3) is 1.00. The molecule has 16 heavy (non-hydrogen) atoms. The van der Waals surface area contributed by atoms with E-state index in [1.807, 2.05) is 13.8 Å². The highest BCUT2D eigenvalue weighted by Crippen LogP contribution is 2.31. The number of rotatable bonds is 3.